The van der Waals surface area contributed by atoms with Crippen LogP contribution in [0.2, 0.25) is 0 Å². The Morgan fingerprint density at radius 2 is 1.55 bits per heavy atom. The number of carbonyl (C=O) groups is 1. The molecule has 0 spiro atoms. The number of ketones is 1. The normalized spacial score (nSPS) is 12.7. The first kappa shape index (κ1) is 38.4. The standard InChI is InChI=1S/C27H21N2OS.C15H28O2.Ir/c1-15-13-30-21-10-9-19-23-24(28-14-29-26(23)31-25(19)22(15)21)17-11-16-7-5-6-8-18(16)20(12-17)27(2,3)4;1-7-14(5,8-2)12(16)11-13(17)15(6,9-3)10-4;/h5-10,12-14H,1-4H3;11,16H,7-10H2,1-6H3;/q-1;;/b;12-11-;. The summed E-state index contributed by atoms with van der Waals surface area (Å²) >= 11 is 1.71. The zero-order valence-corrected chi connectivity index (χ0v) is 33.7. The second-order valence-electron chi connectivity index (χ2n) is 14.6. The number of hydrogen-bond donors (Lipinski definition) is 1. The smallest absolute Gasteiger partial charge is 0.164 e. The molecule has 3 heterocycles. The molecule has 3 aromatic carbocycles. The van der Waals surface area contributed by atoms with E-state index in [4.69, 9.17) is 9.40 Å². The van der Waals surface area contributed by atoms with Gasteiger partial charge in [-0.2, -0.15) is 0 Å². The van der Waals surface area contributed by atoms with Gasteiger partial charge in [0, 0.05) is 58.2 Å². The molecule has 0 aliphatic heterocycles. The van der Waals surface area contributed by atoms with Crippen molar-refractivity contribution >= 4 is 59.2 Å². The first-order valence-electron chi connectivity index (χ1n) is 17.2. The molecule has 49 heavy (non-hydrogen) atoms. The molecule has 0 saturated carbocycles. The fourth-order valence-corrected chi connectivity index (χ4v) is 7.45. The number of nitrogens with zero attached hydrogens (tertiary/aromatic N) is 2. The molecule has 1 N–H and O–H groups in total. The molecule has 0 aliphatic carbocycles. The minimum atomic E-state index is -0.337. The van der Waals surface area contributed by atoms with E-state index in [0.717, 1.165) is 63.7 Å². The van der Waals surface area contributed by atoms with Crippen molar-refractivity contribution in [3.63, 3.8) is 0 Å². The molecule has 0 atom stereocenters. The quantitative estimate of drug-likeness (QED) is 0.0938. The first-order valence-corrected chi connectivity index (χ1v) is 18.0. The Labute approximate surface area is 308 Å². The second kappa shape index (κ2) is 14.8. The summed E-state index contributed by atoms with van der Waals surface area (Å²) in [5.41, 5.74) is 4.72. The molecule has 0 saturated heterocycles. The van der Waals surface area contributed by atoms with Crippen molar-refractivity contribution in [2.24, 2.45) is 10.8 Å². The number of aliphatic hydroxyl groups excluding tert-OH is 1. The van der Waals surface area contributed by atoms with Crippen LogP contribution in [0.25, 0.3) is 53.3 Å². The predicted octanol–water partition coefficient (Wildman–Crippen LogP) is 12.5. The van der Waals surface area contributed by atoms with Gasteiger partial charge in [-0.15, -0.1) is 40.5 Å². The van der Waals surface area contributed by atoms with E-state index in [9.17, 15) is 9.90 Å². The number of benzene rings is 3. The van der Waals surface area contributed by atoms with E-state index in [1.165, 1.54) is 32.5 Å². The van der Waals surface area contributed by atoms with Crippen LogP contribution in [0.4, 0.5) is 0 Å². The van der Waals surface area contributed by atoms with Gasteiger partial charge in [0.1, 0.15) is 22.5 Å². The number of furan rings is 1. The molecule has 7 heteroatoms. The summed E-state index contributed by atoms with van der Waals surface area (Å²) in [5, 5.41) is 15.9. The molecule has 0 unspecified atom stereocenters. The third-order valence-electron chi connectivity index (χ3n) is 10.6. The fourth-order valence-electron chi connectivity index (χ4n) is 6.20. The van der Waals surface area contributed by atoms with Crippen molar-refractivity contribution < 1.29 is 34.4 Å². The Bertz CT molecular complexity index is 2140. The van der Waals surface area contributed by atoms with Crippen LogP contribution < -0.4 is 0 Å². The Morgan fingerprint density at radius 3 is 2.18 bits per heavy atom. The Hall–Kier alpha value is -3.38. The largest absolute Gasteiger partial charge is 0.512 e. The Balaban J connectivity index is 0.000000260. The molecule has 0 aliphatic rings. The summed E-state index contributed by atoms with van der Waals surface area (Å²) in [4.78, 5) is 22.6. The van der Waals surface area contributed by atoms with Gasteiger partial charge in [0.2, 0.25) is 0 Å². The van der Waals surface area contributed by atoms with Crippen LogP contribution in [0.1, 0.15) is 99.1 Å². The minimum absolute atomic E-state index is 0. The zero-order valence-electron chi connectivity index (χ0n) is 30.5. The molecule has 1 radical (unpaired) electrons. The molecular weight excluding hydrogens is 805 g/mol. The molecule has 0 amide bonds. The minimum Gasteiger partial charge on any atom is -0.512 e. The van der Waals surface area contributed by atoms with Gasteiger partial charge in [-0.3, -0.25) is 9.78 Å². The van der Waals surface area contributed by atoms with Crippen LogP contribution in [-0.2, 0) is 30.3 Å². The van der Waals surface area contributed by atoms with Crippen LogP contribution in [0.3, 0.4) is 0 Å². The number of thiophene rings is 1. The second-order valence-corrected chi connectivity index (χ2v) is 15.6. The van der Waals surface area contributed by atoms with E-state index < -0.39 is 0 Å². The van der Waals surface area contributed by atoms with Crippen LogP contribution >= 0.6 is 11.3 Å². The van der Waals surface area contributed by atoms with Crippen LogP contribution in [0.15, 0.2) is 71.3 Å². The number of aryl methyl sites for hydroxylation is 1. The summed E-state index contributed by atoms with van der Waals surface area (Å²) in [7, 11) is 0. The van der Waals surface area contributed by atoms with Gasteiger partial charge in [0.25, 0.3) is 0 Å². The molecule has 3 aromatic heterocycles. The summed E-state index contributed by atoms with van der Waals surface area (Å²) in [6.07, 6.45) is 8.25. The number of fused-ring (bicyclic) bond motifs is 6. The average molecular weight is 854 g/mol. The summed E-state index contributed by atoms with van der Waals surface area (Å²) in [6, 6.07) is 18.6. The van der Waals surface area contributed by atoms with E-state index in [1.54, 1.807) is 17.7 Å². The van der Waals surface area contributed by atoms with Crippen LogP contribution in [0, 0.1) is 23.8 Å². The average Bonchev–Trinajstić information content (AvgIpc) is 3.66. The van der Waals surface area contributed by atoms with E-state index >= 15 is 0 Å². The van der Waals surface area contributed by atoms with Crippen LogP contribution in [-0.4, -0.2) is 20.9 Å². The van der Waals surface area contributed by atoms with E-state index in [-0.39, 0.29) is 47.9 Å². The first-order chi connectivity index (χ1) is 22.7. The zero-order chi connectivity index (χ0) is 35.0. The molecule has 0 fully saturated rings. The third kappa shape index (κ3) is 7.27. The van der Waals surface area contributed by atoms with Crippen molar-refractivity contribution in [1.29, 1.82) is 0 Å². The van der Waals surface area contributed by atoms with E-state index in [1.807, 2.05) is 47.8 Å². The van der Waals surface area contributed by atoms with Crippen molar-refractivity contribution in [2.45, 2.75) is 100 Å². The van der Waals surface area contributed by atoms with Crippen LogP contribution in [0.5, 0.6) is 0 Å². The number of carbonyl (C=O) groups excluding carboxylic acids is 1. The molecule has 0 bridgehead atoms. The Morgan fingerprint density at radius 1 is 0.898 bits per heavy atom. The topological polar surface area (TPSA) is 76.2 Å². The fraction of sp³-hybridized carbons (Fsp3) is 0.405. The van der Waals surface area contributed by atoms with Crippen molar-refractivity contribution in [2.75, 3.05) is 0 Å². The van der Waals surface area contributed by atoms with Gasteiger partial charge >= 0.3 is 0 Å². The summed E-state index contributed by atoms with van der Waals surface area (Å²) in [5.74, 6) is 0.286. The molecule has 6 aromatic rings. The van der Waals surface area contributed by atoms with Gasteiger partial charge in [0.05, 0.1) is 6.26 Å². The SMILES string of the molecule is CCC(C)(CC)C(=O)/C=C(\O)C(C)(CC)CC.Cc1coc2ccc3c(sc4ncnc(-c5[c-]c6ccccc6c(C(C)(C)C)c5)c43)c12.[Ir]. The number of allylic oxidation sites excluding steroid dienone is 2. The van der Waals surface area contributed by atoms with Gasteiger partial charge in [-0.25, -0.2) is 4.98 Å². The predicted molar refractivity (Wildman–Crippen MR) is 203 cm³/mol. The van der Waals surface area contributed by atoms with E-state index in [0.29, 0.717) is 0 Å². The van der Waals surface area contributed by atoms with Gasteiger partial charge in [0.15, 0.2) is 5.78 Å². The number of aromatic nitrogens is 2. The molecule has 5 nitrogen and oxygen atoms in total. The number of rotatable bonds is 8. The summed E-state index contributed by atoms with van der Waals surface area (Å²) < 4.78 is 6.94. The van der Waals surface area contributed by atoms with E-state index in [2.05, 4.69) is 81.2 Å². The van der Waals surface area contributed by atoms with Crippen molar-refractivity contribution in [1.82, 2.24) is 9.97 Å². The van der Waals surface area contributed by atoms with Crippen molar-refractivity contribution in [3.8, 4) is 11.3 Å². The van der Waals surface area contributed by atoms with Crippen molar-refractivity contribution in [3.05, 3.63) is 84.1 Å². The Kier molecular flexibility index (Phi) is 11.6. The maximum atomic E-state index is 12.2. The monoisotopic (exact) mass is 854 g/mol. The van der Waals surface area contributed by atoms with Gasteiger partial charge in [-0.05, 0) is 61.1 Å². The maximum absolute atomic E-state index is 12.2. The van der Waals surface area contributed by atoms with Gasteiger partial charge in [-0.1, -0.05) is 91.5 Å². The maximum Gasteiger partial charge on any atom is 0.164 e. The summed E-state index contributed by atoms with van der Waals surface area (Å²) in [6.45, 7) is 20.9. The molecule has 6 rings (SSSR count). The molecule has 261 valence electrons. The number of aliphatic hydroxyl groups is 1. The third-order valence-corrected chi connectivity index (χ3v) is 11.7. The van der Waals surface area contributed by atoms with Gasteiger partial charge < -0.3 is 9.52 Å². The molecular formula is C42H49IrN2O3S-. The number of hydrogen-bond acceptors (Lipinski definition) is 6.